The summed E-state index contributed by atoms with van der Waals surface area (Å²) in [6.07, 6.45) is 0. The summed E-state index contributed by atoms with van der Waals surface area (Å²) < 4.78 is 27.0. The maximum absolute atomic E-state index is 12.3. The third-order valence-corrected chi connectivity index (χ3v) is 5.11. The lowest BCUT2D eigenvalue weighted by molar-refractivity contribution is 0.255. The summed E-state index contributed by atoms with van der Waals surface area (Å²) in [6, 6.07) is 16.0. The fourth-order valence-electron chi connectivity index (χ4n) is 2.28. The van der Waals surface area contributed by atoms with Gasteiger partial charge in [0, 0.05) is 11.6 Å². The molecule has 0 unspecified atom stereocenters. The first-order valence-corrected chi connectivity index (χ1v) is 9.22. The molecule has 1 aliphatic heterocycles. The SMILES string of the molecule is O=S(=O)(NC1=NCN(Cc2ccccc2)CN1)c1ccc(Cl)cc1. The van der Waals surface area contributed by atoms with Crippen molar-refractivity contribution < 1.29 is 8.42 Å². The Hall–Kier alpha value is -2.09. The highest BCUT2D eigenvalue weighted by molar-refractivity contribution is 7.90. The molecule has 2 aromatic carbocycles. The van der Waals surface area contributed by atoms with E-state index in [1.807, 2.05) is 30.3 Å². The quantitative estimate of drug-likeness (QED) is 0.870. The van der Waals surface area contributed by atoms with Gasteiger partial charge in [-0.3, -0.25) is 4.90 Å². The van der Waals surface area contributed by atoms with E-state index in [-0.39, 0.29) is 10.9 Å². The van der Waals surface area contributed by atoms with Crippen molar-refractivity contribution in [2.24, 2.45) is 4.99 Å². The number of hydrogen-bond donors (Lipinski definition) is 2. The van der Waals surface area contributed by atoms with Gasteiger partial charge in [0.05, 0.1) is 18.2 Å². The fraction of sp³-hybridized carbons (Fsp3) is 0.188. The van der Waals surface area contributed by atoms with Gasteiger partial charge in [-0.2, -0.15) is 0 Å². The monoisotopic (exact) mass is 364 g/mol. The minimum Gasteiger partial charge on any atom is -0.343 e. The van der Waals surface area contributed by atoms with Gasteiger partial charge in [-0.1, -0.05) is 41.9 Å². The number of aliphatic imine (C=N–C) groups is 1. The first kappa shape index (κ1) is 16.8. The maximum atomic E-state index is 12.3. The molecule has 0 amide bonds. The Balaban J connectivity index is 1.62. The van der Waals surface area contributed by atoms with Crippen LogP contribution in [0.15, 0.2) is 64.5 Å². The zero-order valence-electron chi connectivity index (χ0n) is 12.8. The Labute approximate surface area is 146 Å². The largest absolute Gasteiger partial charge is 0.343 e. The number of guanidine groups is 1. The molecule has 8 heteroatoms. The van der Waals surface area contributed by atoms with E-state index in [2.05, 4.69) is 19.9 Å². The zero-order chi connectivity index (χ0) is 17.0. The van der Waals surface area contributed by atoms with Gasteiger partial charge in [0.2, 0.25) is 5.96 Å². The number of sulfonamides is 1. The van der Waals surface area contributed by atoms with E-state index in [0.29, 0.717) is 18.4 Å². The number of nitrogens with one attached hydrogen (secondary N) is 2. The normalized spacial score (nSPS) is 15.5. The molecule has 0 aromatic heterocycles. The first-order chi connectivity index (χ1) is 11.5. The molecular formula is C16H17ClN4O2S. The van der Waals surface area contributed by atoms with Crippen LogP contribution in [0.25, 0.3) is 0 Å². The second-order valence-corrected chi connectivity index (χ2v) is 7.48. The molecule has 0 radical (unpaired) electrons. The lowest BCUT2D eigenvalue weighted by atomic mass is 10.2. The molecule has 0 fully saturated rings. The van der Waals surface area contributed by atoms with E-state index in [1.165, 1.54) is 29.8 Å². The van der Waals surface area contributed by atoms with Crippen LogP contribution in [0.5, 0.6) is 0 Å². The van der Waals surface area contributed by atoms with E-state index in [4.69, 9.17) is 11.6 Å². The van der Waals surface area contributed by atoms with Gasteiger partial charge in [0.1, 0.15) is 0 Å². The van der Waals surface area contributed by atoms with Gasteiger partial charge in [0.15, 0.2) is 0 Å². The molecule has 6 nitrogen and oxygen atoms in total. The van der Waals surface area contributed by atoms with Crippen molar-refractivity contribution in [3.8, 4) is 0 Å². The summed E-state index contributed by atoms with van der Waals surface area (Å²) in [7, 11) is -3.67. The van der Waals surface area contributed by atoms with Crippen LogP contribution >= 0.6 is 11.6 Å². The molecule has 3 rings (SSSR count). The average Bonchev–Trinajstić information content (AvgIpc) is 2.58. The minimum atomic E-state index is -3.67. The smallest absolute Gasteiger partial charge is 0.264 e. The molecule has 2 N–H and O–H groups in total. The van der Waals surface area contributed by atoms with Gasteiger partial charge in [-0.15, -0.1) is 0 Å². The van der Waals surface area contributed by atoms with E-state index in [1.54, 1.807) is 0 Å². The van der Waals surface area contributed by atoms with Gasteiger partial charge in [-0.05, 0) is 29.8 Å². The van der Waals surface area contributed by atoms with Crippen molar-refractivity contribution in [2.45, 2.75) is 11.4 Å². The highest BCUT2D eigenvalue weighted by atomic mass is 35.5. The summed E-state index contributed by atoms with van der Waals surface area (Å²) >= 11 is 5.78. The number of rotatable bonds is 4. The van der Waals surface area contributed by atoms with Crippen molar-refractivity contribution in [2.75, 3.05) is 13.3 Å². The van der Waals surface area contributed by atoms with Crippen LogP contribution in [-0.2, 0) is 16.6 Å². The average molecular weight is 365 g/mol. The Morgan fingerprint density at radius 1 is 1.12 bits per heavy atom. The second-order valence-electron chi connectivity index (χ2n) is 5.36. The van der Waals surface area contributed by atoms with Gasteiger partial charge in [-0.25, -0.2) is 18.1 Å². The van der Waals surface area contributed by atoms with Crippen molar-refractivity contribution in [1.82, 2.24) is 14.9 Å². The fourth-order valence-corrected chi connectivity index (χ4v) is 3.41. The van der Waals surface area contributed by atoms with Crippen LogP contribution in [0.2, 0.25) is 5.02 Å². The lowest BCUT2D eigenvalue weighted by Crippen LogP contribution is -2.49. The highest BCUT2D eigenvalue weighted by Gasteiger charge is 2.19. The number of halogens is 1. The second kappa shape index (κ2) is 7.21. The summed E-state index contributed by atoms with van der Waals surface area (Å²) in [6.45, 7) is 1.67. The van der Waals surface area contributed by atoms with E-state index >= 15 is 0 Å². The predicted octanol–water partition coefficient (Wildman–Crippen LogP) is 1.99. The third kappa shape index (κ3) is 4.25. The summed E-state index contributed by atoms with van der Waals surface area (Å²) in [5.41, 5.74) is 1.18. The molecular weight excluding hydrogens is 348 g/mol. The maximum Gasteiger partial charge on any atom is 0.264 e. The number of hydrogen-bond acceptors (Lipinski definition) is 5. The Kier molecular flexibility index (Phi) is 5.03. The van der Waals surface area contributed by atoms with Crippen molar-refractivity contribution in [3.63, 3.8) is 0 Å². The van der Waals surface area contributed by atoms with Crippen LogP contribution in [0.4, 0.5) is 0 Å². The molecule has 0 saturated carbocycles. The van der Waals surface area contributed by atoms with Crippen molar-refractivity contribution >= 4 is 27.6 Å². The molecule has 126 valence electrons. The van der Waals surface area contributed by atoms with Gasteiger partial charge >= 0.3 is 0 Å². The summed E-state index contributed by atoms with van der Waals surface area (Å²) in [4.78, 5) is 6.46. The third-order valence-electron chi connectivity index (χ3n) is 3.50. The van der Waals surface area contributed by atoms with Crippen LogP contribution in [-0.4, -0.2) is 32.6 Å². The van der Waals surface area contributed by atoms with E-state index in [0.717, 1.165) is 6.54 Å². The topological polar surface area (TPSA) is 73.8 Å². The van der Waals surface area contributed by atoms with E-state index in [9.17, 15) is 8.42 Å². The van der Waals surface area contributed by atoms with Crippen LogP contribution in [0.1, 0.15) is 5.56 Å². The molecule has 24 heavy (non-hydrogen) atoms. The highest BCUT2D eigenvalue weighted by Crippen LogP contribution is 2.14. The summed E-state index contributed by atoms with van der Waals surface area (Å²) in [5.74, 6) is 0.245. The molecule has 0 atom stereocenters. The molecule has 0 aliphatic carbocycles. The van der Waals surface area contributed by atoms with Crippen LogP contribution < -0.4 is 10.0 Å². The first-order valence-electron chi connectivity index (χ1n) is 7.36. The molecule has 0 bridgehead atoms. The predicted molar refractivity (Wildman–Crippen MR) is 94.1 cm³/mol. The van der Waals surface area contributed by atoms with Crippen molar-refractivity contribution in [3.05, 3.63) is 65.2 Å². The summed E-state index contributed by atoms with van der Waals surface area (Å²) in [5, 5.41) is 3.47. The Bertz CT molecular complexity index is 823. The van der Waals surface area contributed by atoms with E-state index < -0.39 is 10.0 Å². The molecule has 1 aliphatic rings. The molecule has 2 aromatic rings. The minimum absolute atomic E-state index is 0.142. The van der Waals surface area contributed by atoms with Gasteiger partial charge < -0.3 is 5.32 Å². The van der Waals surface area contributed by atoms with Crippen LogP contribution in [0, 0.1) is 0 Å². The number of nitrogens with zero attached hydrogens (tertiary/aromatic N) is 2. The molecule has 0 saturated heterocycles. The molecule has 0 spiro atoms. The Morgan fingerprint density at radius 3 is 2.46 bits per heavy atom. The van der Waals surface area contributed by atoms with Crippen molar-refractivity contribution in [1.29, 1.82) is 0 Å². The molecule has 1 heterocycles. The zero-order valence-corrected chi connectivity index (χ0v) is 14.4. The lowest BCUT2D eigenvalue weighted by Gasteiger charge is -2.27. The Morgan fingerprint density at radius 2 is 1.83 bits per heavy atom. The van der Waals surface area contributed by atoms with Crippen LogP contribution in [0.3, 0.4) is 0 Å². The standard InChI is InChI=1S/C16H17ClN4O2S/c17-14-6-8-15(9-7-14)24(22,23)20-16-18-11-21(12-19-16)10-13-4-2-1-3-5-13/h1-9H,10-12H2,(H2,18,19,20). The van der Waals surface area contributed by atoms with Gasteiger partial charge in [0.25, 0.3) is 10.0 Å². The number of benzene rings is 2.